The van der Waals surface area contributed by atoms with Gasteiger partial charge in [0.05, 0.1) is 24.7 Å². The van der Waals surface area contributed by atoms with E-state index >= 15 is 0 Å². The summed E-state index contributed by atoms with van der Waals surface area (Å²) in [7, 11) is 1.40. The Morgan fingerprint density at radius 2 is 1.92 bits per heavy atom. The maximum atomic E-state index is 11.9. The van der Waals surface area contributed by atoms with Crippen LogP contribution in [0.3, 0.4) is 0 Å². The number of benzene rings is 2. The number of rotatable bonds is 8. The minimum absolute atomic E-state index is 0.0923. The highest BCUT2D eigenvalue weighted by molar-refractivity contribution is 5.74. The molecule has 0 radical (unpaired) electrons. The molecule has 2 rings (SSSR count). The van der Waals surface area contributed by atoms with E-state index in [9.17, 15) is 14.9 Å². The van der Waals surface area contributed by atoms with Crippen molar-refractivity contribution in [1.29, 1.82) is 0 Å². The van der Waals surface area contributed by atoms with Crippen LogP contribution < -0.4 is 14.2 Å². The van der Waals surface area contributed by atoms with Crippen LogP contribution in [0.15, 0.2) is 42.5 Å². The highest BCUT2D eigenvalue weighted by Crippen LogP contribution is 2.31. The number of nitrogens with zero attached hydrogens (tertiary/aromatic N) is 1. The molecule has 0 aliphatic heterocycles. The molecule has 2 aromatic rings. The first-order chi connectivity index (χ1) is 12.0. The monoisotopic (exact) mass is 345 g/mol. The molecule has 0 atom stereocenters. The second-order valence-electron chi connectivity index (χ2n) is 5.28. The lowest BCUT2D eigenvalue weighted by Gasteiger charge is -2.09. The average molecular weight is 345 g/mol. The summed E-state index contributed by atoms with van der Waals surface area (Å²) in [6.45, 7) is 2.29. The van der Waals surface area contributed by atoms with Crippen molar-refractivity contribution >= 4 is 11.7 Å². The summed E-state index contributed by atoms with van der Waals surface area (Å²) in [6.07, 6.45) is 0.534. The summed E-state index contributed by atoms with van der Waals surface area (Å²) in [4.78, 5) is 22.3. The second kappa shape index (κ2) is 8.68. The maximum Gasteiger partial charge on any atom is 0.315 e. The zero-order valence-corrected chi connectivity index (χ0v) is 14.1. The summed E-state index contributed by atoms with van der Waals surface area (Å²) in [5.41, 5.74) is 0.697. The molecule has 0 bridgehead atoms. The standard InChI is InChI=1S/C18H19NO6/c1-13-6-3-4-7-16(13)24-11-5-8-18(20)25-17-10-9-14(23-2)12-15(17)19(21)22/h3-4,6-7,9-10,12H,5,8,11H2,1-2H3. The third kappa shape index (κ3) is 5.20. The van der Waals surface area contributed by atoms with E-state index < -0.39 is 10.9 Å². The van der Waals surface area contributed by atoms with E-state index in [2.05, 4.69) is 0 Å². The molecule has 0 spiro atoms. The number of ether oxygens (including phenoxy) is 3. The van der Waals surface area contributed by atoms with Crippen LogP contribution >= 0.6 is 0 Å². The molecule has 0 saturated heterocycles. The lowest BCUT2D eigenvalue weighted by Crippen LogP contribution is -2.11. The largest absolute Gasteiger partial charge is 0.496 e. The van der Waals surface area contributed by atoms with Gasteiger partial charge >= 0.3 is 11.7 Å². The molecule has 0 heterocycles. The molecule has 7 nitrogen and oxygen atoms in total. The highest BCUT2D eigenvalue weighted by Gasteiger charge is 2.19. The number of esters is 1. The van der Waals surface area contributed by atoms with Crippen molar-refractivity contribution in [3.63, 3.8) is 0 Å². The van der Waals surface area contributed by atoms with Crippen LogP contribution in [0.2, 0.25) is 0 Å². The van der Waals surface area contributed by atoms with Crippen LogP contribution in [-0.4, -0.2) is 24.6 Å². The van der Waals surface area contributed by atoms with E-state index in [1.165, 1.54) is 25.3 Å². The van der Waals surface area contributed by atoms with Crippen molar-refractivity contribution in [2.24, 2.45) is 0 Å². The van der Waals surface area contributed by atoms with Gasteiger partial charge in [0.15, 0.2) is 0 Å². The van der Waals surface area contributed by atoms with Crippen LogP contribution in [0.1, 0.15) is 18.4 Å². The van der Waals surface area contributed by atoms with Gasteiger partial charge in [-0.15, -0.1) is 0 Å². The maximum absolute atomic E-state index is 11.9. The molecule has 0 N–H and O–H groups in total. The van der Waals surface area contributed by atoms with E-state index in [0.29, 0.717) is 18.8 Å². The van der Waals surface area contributed by atoms with Crippen molar-refractivity contribution < 1.29 is 23.9 Å². The van der Waals surface area contributed by atoms with Gasteiger partial charge in [-0.1, -0.05) is 18.2 Å². The summed E-state index contributed by atoms with van der Waals surface area (Å²) in [5, 5.41) is 11.1. The number of hydrogen-bond donors (Lipinski definition) is 0. The van der Waals surface area contributed by atoms with E-state index in [0.717, 1.165) is 11.3 Å². The van der Waals surface area contributed by atoms with Gasteiger partial charge in [-0.2, -0.15) is 0 Å². The fourth-order valence-corrected chi connectivity index (χ4v) is 2.14. The van der Waals surface area contributed by atoms with Gasteiger partial charge in [0.1, 0.15) is 11.5 Å². The van der Waals surface area contributed by atoms with E-state index in [1.54, 1.807) is 0 Å². The minimum Gasteiger partial charge on any atom is -0.496 e. The molecule has 7 heteroatoms. The zero-order chi connectivity index (χ0) is 18.2. The summed E-state index contributed by atoms with van der Waals surface area (Å²) < 4.78 is 15.6. The summed E-state index contributed by atoms with van der Waals surface area (Å²) in [6, 6.07) is 11.6. The Morgan fingerprint density at radius 3 is 2.60 bits per heavy atom. The molecule has 0 aromatic heterocycles. The number of aryl methyl sites for hydroxylation is 1. The van der Waals surface area contributed by atoms with E-state index in [4.69, 9.17) is 14.2 Å². The smallest absolute Gasteiger partial charge is 0.315 e. The van der Waals surface area contributed by atoms with Crippen molar-refractivity contribution in [3.8, 4) is 17.2 Å². The van der Waals surface area contributed by atoms with Gasteiger partial charge in [-0.25, -0.2) is 0 Å². The molecule has 0 aliphatic carbocycles. The summed E-state index contributed by atoms with van der Waals surface area (Å²) in [5.74, 6) is 0.428. The van der Waals surface area contributed by atoms with Crippen LogP contribution in [0.25, 0.3) is 0 Å². The fourth-order valence-electron chi connectivity index (χ4n) is 2.14. The van der Waals surface area contributed by atoms with Gasteiger partial charge in [-0.05, 0) is 37.1 Å². The SMILES string of the molecule is COc1ccc(OC(=O)CCCOc2ccccc2C)c([N+](=O)[O-])c1. The van der Waals surface area contributed by atoms with Crippen LogP contribution in [0.5, 0.6) is 17.2 Å². The lowest BCUT2D eigenvalue weighted by atomic mass is 10.2. The van der Waals surface area contributed by atoms with Gasteiger partial charge in [0.25, 0.3) is 0 Å². The van der Waals surface area contributed by atoms with Crippen molar-refractivity contribution in [1.82, 2.24) is 0 Å². The Hall–Kier alpha value is -3.09. The Morgan fingerprint density at radius 1 is 1.16 bits per heavy atom. The Balaban J connectivity index is 1.86. The van der Waals surface area contributed by atoms with Gasteiger partial charge < -0.3 is 14.2 Å². The van der Waals surface area contributed by atoms with Crippen LogP contribution in [0.4, 0.5) is 5.69 Å². The first-order valence-electron chi connectivity index (χ1n) is 7.73. The molecular formula is C18H19NO6. The lowest BCUT2D eigenvalue weighted by molar-refractivity contribution is -0.385. The van der Waals surface area contributed by atoms with Crippen molar-refractivity contribution in [3.05, 3.63) is 58.1 Å². The third-order valence-corrected chi connectivity index (χ3v) is 3.46. The van der Waals surface area contributed by atoms with Gasteiger partial charge in [0, 0.05) is 6.42 Å². The number of hydrogen-bond acceptors (Lipinski definition) is 6. The molecule has 0 amide bonds. The predicted octanol–water partition coefficient (Wildman–Crippen LogP) is 3.68. The Kier molecular flexibility index (Phi) is 6.33. The van der Waals surface area contributed by atoms with Crippen molar-refractivity contribution in [2.45, 2.75) is 19.8 Å². The molecule has 0 unspecified atom stereocenters. The number of para-hydroxylation sites is 1. The van der Waals surface area contributed by atoms with Gasteiger partial charge in [0.2, 0.25) is 5.75 Å². The Bertz CT molecular complexity index is 759. The van der Waals surface area contributed by atoms with Crippen LogP contribution in [0, 0.1) is 17.0 Å². The molecule has 0 saturated carbocycles. The molecule has 2 aromatic carbocycles. The first-order valence-corrected chi connectivity index (χ1v) is 7.73. The molecular weight excluding hydrogens is 326 g/mol. The molecule has 132 valence electrons. The second-order valence-corrected chi connectivity index (χ2v) is 5.28. The fraction of sp³-hybridized carbons (Fsp3) is 0.278. The third-order valence-electron chi connectivity index (χ3n) is 3.46. The van der Waals surface area contributed by atoms with Gasteiger partial charge in [-0.3, -0.25) is 14.9 Å². The topological polar surface area (TPSA) is 87.9 Å². The highest BCUT2D eigenvalue weighted by atomic mass is 16.6. The number of methoxy groups -OCH3 is 1. The molecule has 0 fully saturated rings. The quantitative estimate of drug-likeness (QED) is 0.238. The number of nitro benzene ring substituents is 1. The minimum atomic E-state index is -0.619. The van der Waals surface area contributed by atoms with E-state index in [-0.39, 0.29) is 17.9 Å². The number of carbonyl (C=O) groups is 1. The Labute approximate surface area is 145 Å². The molecule has 25 heavy (non-hydrogen) atoms. The van der Waals surface area contributed by atoms with E-state index in [1.807, 2.05) is 31.2 Å². The normalized spacial score (nSPS) is 10.2. The average Bonchev–Trinajstić information content (AvgIpc) is 2.60. The number of nitro groups is 1. The van der Waals surface area contributed by atoms with Crippen LogP contribution in [-0.2, 0) is 4.79 Å². The predicted molar refractivity (Wildman–Crippen MR) is 91.2 cm³/mol. The summed E-state index contributed by atoms with van der Waals surface area (Å²) >= 11 is 0. The zero-order valence-electron chi connectivity index (χ0n) is 14.1. The van der Waals surface area contributed by atoms with Crippen molar-refractivity contribution in [2.75, 3.05) is 13.7 Å². The molecule has 0 aliphatic rings. The first kappa shape index (κ1) is 18.3. The number of carbonyl (C=O) groups excluding carboxylic acids is 1.